The first-order valence-corrected chi connectivity index (χ1v) is 7.80. The predicted octanol–water partition coefficient (Wildman–Crippen LogP) is 5.53. The van der Waals surface area contributed by atoms with E-state index < -0.39 is 0 Å². The van der Waals surface area contributed by atoms with Crippen LogP contribution in [0.1, 0.15) is 50.7 Å². The molecule has 2 rings (SSSR count). The monoisotopic (exact) mass is 283 g/mol. The largest absolute Gasteiger partial charge is 0.457 e. The molecule has 0 aromatic heterocycles. The highest BCUT2D eigenvalue weighted by Crippen LogP contribution is 2.33. The van der Waals surface area contributed by atoms with Gasteiger partial charge in [-0.3, -0.25) is 0 Å². The van der Waals surface area contributed by atoms with Crippen molar-refractivity contribution < 1.29 is 4.74 Å². The van der Waals surface area contributed by atoms with Crippen molar-refractivity contribution in [2.24, 2.45) is 0 Å². The summed E-state index contributed by atoms with van der Waals surface area (Å²) in [6, 6.07) is 14.1. The number of benzene rings is 2. The summed E-state index contributed by atoms with van der Waals surface area (Å²) >= 11 is 0. The van der Waals surface area contributed by atoms with Crippen molar-refractivity contribution in [2.75, 3.05) is 5.73 Å². The molecule has 0 saturated heterocycles. The molecule has 0 saturated carbocycles. The molecule has 0 aliphatic carbocycles. The first kappa shape index (κ1) is 15.4. The predicted molar refractivity (Wildman–Crippen MR) is 90.1 cm³/mol. The molecule has 0 radical (unpaired) electrons. The van der Waals surface area contributed by atoms with Gasteiger partial charge in [-0.25, -0.2) is 0 Å². The summed E-state index contributed by atoms with van der Waals surface area (Å²) in [7, 11) is 0. The molecule has 0 amide bonds. The number of hydrogen-bond acceptors (Lipinski definition) is 2. The first-order valence-electron chi connectivity index (χ1n) is 7.80. The van der Waals surface area contributed by atoms with Gasteiger partial charge in [-0.2, -0.15) is 0 Å². The third kappa shape index (κ3) is 4.01. The van der Waals surface area contributed by atoms with Crippen LogP contribution in [0.25, 0.3) is 0 Å². The zero-order valence-electron chi connectivity index (χ0n) is 13.2. The molecule has 0 heterocycles. The highest BCUT2D eigenvalue weighted by molar-refractivity contribution is 5.46. The number of aryl methyl sites for hydroxylation is 1. The summed E-state index contributed by atoms with van der Waals surface area (Å²) in [5.74, 6) is 2.27. The molecule has 2 N–H and O–H groups in total. The fourth-order valence-corrected chi connectivity index (χ4v) is 2.40. The summed E-state index contributed by atoms with van der Waals surface area (Å²) < 4.78 is 6.07. The molecule has 2 heteroatoms. The maximum Gasteiger partial charge on any atom is 0.130 e. The Balaban J connectivity index is 2.30. The first-order chi connectivity index (χ1) is 10.1. The van der Waals surface area contributed by atoms with Gasteiger partial charge in [-0.1, -0.05) is 39.3 Å². The Bertz CT molecular complexity index is 575. The second-order valence-electron chi connectivity index (χ2n) is 5.60. The standard InChI is InChI=1S/C19H25NO/c1-4-6-15-7-12-19(18(13-15)14(3)5-2)21-17-10-8-16(20)9-11-17/h7-14H,4-6,20H2,1-3H3. The van der Waals surface area contributed by atoms with Crippen molar-refractivity contribution in [3.8, 4) is 11.5 Å². The van der Waals surface area contributed by atoms with Gasteiger partial charge in [0.15, 0.2) is 0 Å². The van der Waals surface area contributed by atoms with Crippen LogP contribution in [-0.2, 0) is 6.42 Å². The lowest BCUT2D eigenvalue weighted by molar-refractivity contribution is 0.470. The van der Waals surface area contributed by atoms with Gasteiger partial charge >= 0.3 is 0 Å². The summed E-state index contributed by atoms with van der Waals surface area (Å²) in [6.45, 7) is 6.67. The minimum Gasteiger partial charge on any atom is -0.457 e. The molecular weight excluding hydrogens is 258 g/mol. The number of rotatable bonds is 6. The average molecular weight is 283 g/mol. The summed E-state index contributed by atoms with van der Waals surface area (Å²) in [4.78, 5) is 0. The van der Waals surface area contributed by atoms with E-state index >= 15 is 0 Å². The van der Waals surface area contributed by atoms with Crippen LogP contribution in [0.2, 0.25) is 0 Å². The van der Waals surface area contributed by atoms with Crippen LogP contribution in [-0.4, -0.2) is 0 Å². The van der Waals surface area contributed by atoms with Gasteiger partial charge in [0.05, 0.1) is 0 Å². The van der Waals surface area contributed by atoms with Crippen molar-refractivity contribution in [1.29, 1.82) is 0 Å². The van der Waals surface area contributed by atoms with E-state index in [1.54, 1.807) is 0 Å². The van der Waals surface area contributed by atoms with Gasteiger partial charge < -0.3 is 10.5 Å². The molecule has 2 nitrogen and oxygen atoms in total. The molecule has 112 valence electrons. The summed E-state index contributed by atoms with van der Waals surface area (Å²) in [6.07, 6.45) is 3.39. The molecule has 0 aliphatic rings. The molecule has 21 heavy (non-hydrogen) atoms. The number of nitrogens with two attached hydrogens (primary N) is 1. The summed E-state index contributed by atoms with van der Waals surface area (Å²) in [5.41, 5.74) is 9.15. The number of hydrogen-bond donors (Lipinski definition) is 1. The Morgan fingerprint density at radius 3 is 2.38 bits per heavy atom. The maximum atomic E-state index is 6.07. The van der Waals surface area contributed by atoms with Gasteiger partial charge in [0, 0.05) is 5.69 Å². The third-order valence-corrected chi connectivity index (χ3v) is 3.86. The van der Waals surface area contributed by atoms with Crippen molar-refractivity contribution in [3.63, 3.8) is 0 Å². The lowest BCUT2D eigenvalue weighted by Crippen LogP contribution is -1.98. The maximum absolute atomic E-state index is 6.07. The van der Waals surface area contributed by atoms with Crippen molar-refractivity contribution in [1.82, 2.24) is 0 Å². The zero-order valence-corrected chi connectivity index (χ0v) is 13.2. The Labute approximate surface area is 127 Å². The van der Waals surface area contributed by atoms with Crippen LogP contribution in [0.15, 0.2) is 42.5 Å². The van der Waals surface area contributed by atoms with E-state index in [-0.39, 0.29) is 0 Å². The molecule has 1 unspecified atom stereocenters. The Hall–Kier alpha value is -1.96. The lowest BCUT2D eigenvalue weighted by Gasteiger charge is -2.17. The molecule has 2 aromatic rings. The van der Waals surface area contributed by atoms with Crippen molar-refractivity contribution >= 4 is 5.69 Å². The molecule has 0 bridgehead atoms. The Morgan fingerprint density at radius 2 is 1.76 bits per heavy atom. The Morgan fingerprint density at radius 1 is 1.05 bits per heavy atom. The van der Waals surface area contributed by atoms with Crippen LogP contribution in [0, 0.1) is 0 Å². The molecular formula is C19H25NO. The Kier molecular flexibility index (Phi) is 5.26. The molecule has 1 atom stereocenters. The van der Waals surface area contributed by atoms with Crippen molar-refractivity contribution in [2.45, 2.75) is 46.0 Å². The number of nitrogen functional groups attached to an aromatic ring is 1. The smallest absolute Gasteiger partial charge is 0.130 e. The van der Waals surface area contributed by atoms with E-state index in [1.807, 2.05) is 24.3 Å². The highest BCUT2D eigenvalue weighted by Gasteiger charge is 2.12. The van der Waals surface area contributed by atoms with Gasteiger partial charge in [0.1, 0.15) is 11.5 Å². The van der Waals surface area contributed by atoms with E-state index in [1.165, 1.54) is 11.1 Å². The molecule has 0 fully saturated rings. The van der Waals surface area contributed by atoms with Gasteiger partial charge in [0.2, 0.25) is 0 Å². The van der Waals surface area contributed by atoms with Gasteiger partial charge in [-0.15, -0.1) is 0 Å². The minimum atomic E-state index is 0.491. The second kappa shape index (κ2) is 7.16. The van der Waals surface area contributed by atoms with Gasteiger partial charge in [0.25, 0.3) is 0 Å². The van der Waals surface area contributed by atoms with Crippen LogP contribution in [0.4, 0.5) is 5.69 Å². The molecule has 0 aliphatic heterocycles. The van der Waals surface area contributed by atoms with E-state index in [4.69, 9.17) is 10.5 Å². The fourth-order valence-electron chi connectivity index (χ4n) is 2.40. The van der Waals surface area contributed by atoms with Crippen LogP contribution in [0.3, 0.4) is 0 Å². The average Bonchev–Trinajstić information content (AvgIpc) is 2.50. The SMILES string of the molecule is CCCc1ccc(Oc2ccc(N)cc2)c(C(C)CC)c1. The number of anilines is 1. The second-order valence-corrected chi connectivity index (χ2v) is 5.60. The number of ether oxygens (including phenoxy) is 1. The van der Waals surface area contributed by atoms with E-state index in [0.29, 0.717) is 5.92 Å². The highest BCUT2D eigenvalue weighted by atomic mass is 16.5. The van der Waals surface area contributed by atoms with E-state index in [9.17, 15) is 0 Å². The topological polar surface area (TPSA) is 35.2 Å². The molecule has 2 aromatic carbocycles. The van der Waals surface area contributed by atoms with E-state index in [0.717, 1.165) is 36.4 Å². The van der Waals surface area contributed by atoms with E-state index in [2.05, 4.69) is 39.0 Å². The fraction of sp³-hybridized carbons (Fsp3) is 0.368. The van der Waals surface area contributed by atoms with Crippen LogP contribution >= 0.6 is 0 Å². The zero-order chi connectivity index (χ0) is 15.2. The quantitative estimate of drug-likeness (QED) is 0.708. The van der Waals surface area contributed by atoms with Crippen molar-refractivity contribution in [3.05, 3.63) is 53.6 Å². The van der Waals surface area contributed by atoms with Gasteiger partial charge in [-0.05, 0) is 60.2 Å². The lowest BCUT2D eigenvalue weighted by atomic mass is 9.94. The minimum absolute atomic E-state index is 0.491. The third-order valence-electron chi connectivity index (χ3n) is 3.86. The normalized spacial score (nSPS) is 12.1. The summed E-state index contributed by atoms with van der Waals surface area (Å²) in [5, 5.41) is 0. The van der Waals surface area contributed by atoms with Crippen LogP contribution in [0.5, 0.6) is 11.5 Å². The molecule has 0 spiro atoms. The van der Waals surface area contributed by atoms with Crippen LogP contribution < -0.4 is 10.5 Å².